The number of nitrogens with zero attached hydrogens (tertiary/aromatic N) is 1. The maximum absolute atomic E-state index is 12.4. The van der Waals surface area contributed by atoms with Gasteiger partial charge in [0.25, 0.3) is 5.91 Å². The fourth-order valence-electron chi connectivity index (χ4n) is 2.16. The van der Waals surface area contributed by atoms with Crippen LogP contribution >= 0.6 is 28.1 Å². The summed E-state index contributed by atoms with van der Waals surface area (Å²) in [6, 6.07) is 15.2. The van der Waals surface area contributed by atoms with Gasteiger partial charge in [0.05, 0.1) is 6.61 Å². The summed E-state index contributed by atoms with van der Waals surface area (Å²) in [5.41, 5.74) is 2.64. The topological polar surface area (TPSA) is 52.6 Å². The number of carbonyl (C=O) groups excluding carboxylic acids is 1. The van der Waals surface area contributed by atoms with Crippen LogP contribution in [-0.4, -0.2) is 34.2 Å². The third-order valence-corrected chi connectivity index (χ3v) is 4.74. The van der Waals surface area contributed by atoms with Gasteiger partial charge in [-0.15, -0.1) is 0 Å². The minimum absolute atomic E-state index is 0.0427. The van der Waals surface area contributed by atoms with E-state index in [-0.39, 0.29) is 12.5 Å². The molecule has 0 fully saturated rings. The Morgan fingerprint density at radius 2 is 1.96 bits per heavy atom. The maximum atomic E-state index is 12.4. The van der Waals surface area contributed by atoms with Crippen molar-refractivity contribution >= 4 is 39.2 Å². The van der Waals surface area contributed by atoms with Crippen molar-refractivity contribution < 1.29 is 9.90 Å². The van der Waals surface area contributed by atoms with E-state index in [4.69, 9.17) is 12.2 Å². The summed E-state index contributed by atoms with van der Waals surface area (Å²) >= 11 is 8.77. The molecule has 2 N–H and O–H groups in total. The number of hydrogen-bond donors (Lipinski definition) is 2. The molecular weight excluding hydrogens is 388 g/mol. The molecule has 1 amide bonds. The first-order valence-electron chi connectivity index (χ1n) is 7.52. The van der Waals surface area contributed by atoms with Crippen molar-refractivity contribution in [1.82, 2.24) is 10.2 Å². The smallest absolute Gasteiger partial charge is 0.257 e. The number of aliphatic hydroxyl groups excluding tert-OH is 1. The Morgan fingerprint density at radius 1 is 1.25 bits per heavy atom. The zero-order valence-electron chi connectivity index (χ0n) is 13.3. The molecule has 4 nitrogen and oxygen atoms in total. The minimum Gasteiger partial charge on any atom is -0.395 e. The molecule has 0 aromatic heterocycles. The largest absolute Gasteiger partial charge is 0.395 e. The van der Waals surface area contributed by atoms with Crippen molar-refractivity contribution in [2.75, 3.05) is 13.2 Å². The van der Waals surface area contributed by atoms with Crippen LogP contribution < -0.4 is 5.32 Å². The van der Waals surface area contributed by atoms with Crippen LogP contribution in [0, 0.1) is 6.92 Å². The molecule has 2 aromatic rings. The lowest BCUT2D eigenvalue weighted by atomic mass is 10.1. The average Bonchev–Trinajstić information content (AvgIpc) is 2.57. The average molecular weight is 407 g/mol. The first kappa shape index (κ1) is 18.6. The molecule has 0 aliphatic rings. The van der Waals surface area contributed by atoms with E-state index in [9.17, 15) is 9.90 Å². The lowest BCUT2D eigenvalue weighted by molar-refractivity contribution is 0.0971. The van der Waals surface area contributed by atoms with Crippen LogP contribution in [0.15, 0.2) is 53.0 Å². The van der Waals surface area contributed by atoms with E-state index in [2.05, 4.69) is 21.2 Å². The lowest BCUT2D eigenvalue weighted by Crippen LogP contribution is -2.43. The van der Waals surface area contributed by atoms with Crippen LogP contribution in [0.2, 0.25) is 0 Å². The predicted molar refractivity (Wildman–Crippen MR) is 103 cm³/mol. The molecule has 0 heterocycles. The van der Waals surface area contributed by atoms with Crippen molar-refractivity contribution in [2.45, 2.75) is 13.5 Å². The van der Waals surface area contributed by atoms with Crippen LogP contribution in [0.4, 0.5) is 0 Å². The van der Waals surface area contributed by atoms with E-state index in [1.807, 2.05) is 43.3 Å². The molecule has 0 spiro atoms. The van der Waals surface area contributed by atoms with Gasteiger partial charge in [0.15, 0.2) is 5.11 Å². The van der Waals surface area contributed by atoms with Crippen molar-refractivity contribution in [3.05, 3.63) is 69.7 Å². The van der Waals surface area contributed by atoms with Crippen LogP contribution in [0.5, 0.6) is 0 Å². The molecule has 0 unspecified atom stereocenters. The molecule has 0 saturated carbocycles. The predicted octanol–water partition coefficient (Wildman–Crippen LogP) is 3.27. The first-order valence-corrected chi connectivity index (χ1v) is 8.72. The molecule has 0 radical (unpaired) electrons. The second kappa shape index (κ2) is 8.92. The lowest BCUT2D eigenvalue weighted by Gasteiger charge is -2.24. The van der Waals surface area contributed by atoms with E-state index in [1.54, 1.807) is 17.0 Å². The Hall–Kier alpha value is -1.76. The van der Waals surface area contributed by atoms with Crippen molar-refractivity contribution in [3.63, 3.8) is 0 Å². The van der Waals surface area contributed by atoms with Crippen LogP contribution in [-0.2, 0) is 6.54 Å². The maximum Gasteiger partial charge on any atom is 0.257 e. The molecule has 6 heteroatoms. The zero-order chi connectivity index (χ0) is 17.5. The van der Waals surface area contributed by atoms with Crippen LogP contribution in [0.25, 0.3) is 0 Å². The minimum atomic E-state index is -0.267. The molecule has 126 valence electrons. The van der Waals surface area contributed by atoms with Gasteiger partial charge in [-0.25, -0.2) is 0 Å². The number of halogens is 1. The summed E-state index contributed by atoms with van der Waals surface area (Å²) in [6.07, 6.45) is 0. The molecule has 0 bridgehead atoms. The Kier molecular flexibility index (Phi) is 6.90. The SMILES string of the molecule is Cc1ccc(C(=O)NC(=S)N(CCO)Cc2ccccc2)cc1Br. The van der Waals surface area contributed by atoms with E-state index in [0.717, 1.165) is 15.6 Å². The van der Waals surface area contributed by atoms with Crippen molar-refractivity contribution in [1.29, 1.82) is 0 Å². The Balaban J connectivity index is 2.06. The molecule has 24 heavy (non-hydrogen) atoms. The highest BCUT2D eigenvalue weighted by Crippen LogP contribution is 2.17. The molecule has 2 aromatic carbocycles. The summed E-state index contributed by atoms with van der Waals surface area (Å²) in [5.74, 6) is -0.267. The highest BCUT2D eigenvalue weighted by atomic mass is 79.9. The monoisotopic (exact) mass is 406 g/mol. The van der Waals surface area contributed by atoms with E-state index >= 15 is 0 Å². The molecular formula is C18H19BrN2O2S. The van der Waals surface area contributed by atoms with Gasteiger partial charge in [0, 0.05) is 23.1 Å². The third-order valence-electron chi connectivity index (χ3n) is 3.53. The second-order valence-electron chi connectivity index (χ2n) is 5.35. The van der Waals surface area contributed by atoms with E-state index in [1.165, 1.54) is 0 Å². The second-order valence-corrected chi connectivity index (χ2v) is 6.60. The molecule has 0 atom stereocenters. The van der Waals surface area contributed by atoms with Crippen molar-refractivity contribution in [2.24, 2.45) is 0 Å². The number of benzene rings is 2. The highest BCUT2D eigenvalue weighted by Gasteiger charge is 2.14. The van der Waals surface area contributed by atoms with Gasteiger partial charge in [-0.1, -0.05) is 52.3 Å². The molecule has 2 rings (SSSR count). The summed E-state index contributed by atoms with van der Waals surface area (Å²) in [5, 5.41) is 12.3. The molecule has 0 aliphatic heterocycles. The van der Waals surface area contributed by atoms with Gasteiger partial charge in [-0.3, -0.25) is 10.1 Å². The Labute approximate surface area is 155 Å². The van der Waals surface area contributed by atoms with E-state index < -0.39 is 0 Å². The number of aliphatic hydroxyl groups is 1. The normalized spacial score (nSPS) is 10.3. The van der Waals surface area contributed by atoms with Gasteiger partial charge in [0.1, 0.15) is 0 Å². The standard InChI is InChI=1S/C18H19BrN2O2S/c1-13-7-8-15(11-16(13)19)17(23)20-18(24)21(9-10-22)12-14-5-3-2-4-6-14/h2-8,11,22H,9-10,12H2,1H3,(H,20,23,24). The van der Waals surface area contributed by atoms with E-state index in [0.29, 0.717) is 23.8 Å². The summed E-state index contributed by atoms with van der Waals surface area (Å²) in [4.78, 5) is 14.1. The third kappa shape index (κ3) is 5.12. The molecule has 0 aliphatic carbocycles. The Morgan fingerprint density at radius 3 is 2.58 bits per heavy atom. The van der Waals surface area contributed by atoms with Gasteiger partial charge in [0.2, 0.25) is 0 Å². The molecule has 0 saturated heterocycles. The van der Waals surface area contributed by atoms with Crippen molar-refractivity contribution in [3.8, 4) is 0 Å². The number of rotatable bonds is 5. The number of hydrogen-bond acceptors (Lipinski definition) is 3. The zero-order valence-corrected chi connectivity index (χ0v) is 15.7. The van der Waals surface area contributed by atoms with Crippen LogP contribution in [0.3, 0.4) is 0 Å². The fraction of sp³-hybridized carbons (Fsp3) is 0.222. The number of nitrogens with one attached hydrogen (secondary N) is 1. The summed E-state index contributed by atoms with van der Waals surface area (Å²) < 4.78 is 0.873. The summed E-state index contributed by atoms with van der Waals surface area (Å²) in [7, 11) is 0. The van der Waals surface area contributed by atoms with Gasteiger partial charge >= 0.3 is 0 Å². The van der Waals surface area contributed by atoms with Crippen LogP contribution in [0.1, 0.15) is 21.5 Å². The van der Waals surface area contributed by atoms with Gasteiger partial charge in [-0.2, -0.15) is 0 Å². The Bertz CT molecular complexity index is 722. The highest BCUT2D eigenvalue weighted by molar-refractivity contribution is 9.10. The number of aryl methyl sites for hydroxylation is 1. The fourth-order valence-corrected chi connectivity index (χ4v) is 2.79. The quantitative estimate of drug-likeness (QED) is 0.748. The first-order chi connectivity index (χ1) is 11.5. The van der Waals surface area contributed by atoms with Gasteiger partial charge in [-0.05, 0) is 42.4 Å². The summed E-state index contributed by atoms with van der Waals surface area (Å²) in [6.45, 7) is 2.79. The van der Waals surface area contributed by atoms with Gasteiger partial charge < -0.3 is 10.0 Å². The number of carbonyl (C=O) groups is 1. The number of thiocarbonyl (C=S) groups is 1. The number of amides is 1.